The highest BCUT2D eigenvalue weighted by atomic mass is 19.4. The summed E-state index contributed by atoms with van der Waals surface area (Å²) in [6, 6.07) is 4.32. The predicted molar refractivity (Wildman–Crippen MR) is 95.0 cm³/mol. The van der Waals surface area contributed by atoms with Gasteiger partial charge in [0.15, 0.2) is 0 Å². The Morgan fingerprint density at radius 2 is 1.86 bits per heavy atom. The SMILES string of the molecule is CN(C)C1COC2(CCN(C(=O)c3cccn3C)CC2)C1.O=C(O)C(F)(F)F. The van der Waals surface area contributed by atoms with Crippen LogP contribution in [-0.4, -0.2) is 83.0 Å². The molecule has 0 saturated carbocycles. The van der Waals surface area contributed by atoms with Crippen molar-refractivity contribution in [1.29, 1.82) is 0 Å². The number of carbonyl (C=O) groups is 2. The van der Waals surface area contributed by atoms with Crippen LogP contribution in [0.2, 0.25) is 0 Å². The molecule has 3 heterocycles. The van der Waals surface area contributed by atoms with Crippen LogP contribution in [0.3, 0.4) is 0 Å². The normalized spacial score (nSPS) is 21.5. The Balaban J connectivity index is 0.000000345. The van der Waals surface area contributed by atoms with E-state index in [0.717, 1.165) is 44.7 Å². The van der Waals surface area contributed by atoms with Crippen LogP contribution >= 0.6 is 0 Å². The minimum atomic E-state index is -5.08. The second-order valence-corrected chi connectivity index (χ2v) is 7.42. The molecule has 2 saturated heterocycles. The molecule has 1 spiro atoms. The molecule has 1 amide bonds. The minimum absolute atomic E-state index is 0.0000741. The zero-order chi connectivity index (χ0) is 21.1. The topological polar surface area (TPSA) is 75.0 Å². The number of halogens is 3. The van der Waals surface area contributed by atoms with Gasteiger partial charge in [-0.2, -0.15) is 13.2 Å². The standard InChI is InChI=1S/C16H25N3O2.C2HF3O2/c1-17(2)13-11-16(21-12-13)6-9-19(10-7-16)15(20)14-5-4-8-18(14)3;3-2(4,5)1(6)7/h4-5,8,13H,6-7,9-12H2,1-3H3;(H,6,7). The Labute approximate surface area is 161 Å². The molecule has 0 bridgehead atoms. The number of rotatable bonds is 2. The average molecular weight is 405 g/mol. The number of likely N-dealkylation sites (tertiary alicyclic amines) is 1. The van der Waals surface area contributed by atoms with Gasteiger partial charge in [-0.05, 0) is 45.5 Å². The number of carboxylic acids is 1. The fourth-order valence-corrected chi connectivity index (χ4v) is 3.46. The van der Waals surface area contributed by atoms with E-state index in [9.17, 15) is 18.0 Å². The molecular weight excluding hydrogens is 379 g/mol. The smallest absolute Gasteiger partial charge is 0.475 e. The number of amides is 1. The Bertz CT molecular complexity index is 694. The van der Waals surface area contributed by atoms with E-state index in [1.807, 2.05) is 34.8 Å². The van der Waals surface area contributed by atoms with Crippen molar-refractivity contribution in [3.63, 3.8) is 0 Å². The zero-order valence-electron chi connectivity index (χ0n) is 16.2. The van der Waals surface area contributed by atoms with Crippen molar-refractivity contribution in [3.05, 3.63) is 24.0 Å². The molecule has 1 unspecified atom stereocenters. The Hall–Kier alpha value is -2.07. The summed E-state index contributed by atoms with van der Waals surface area (Å²) in [4.78, 5) is 25.6. The zero-order valence-corrected chi connectivity index (χ0v) is 16.2. The van der Waals surface area contributed by atoms with Gasteiger partial charge >= 0.3 is 12.1 Å². The van der Waals surface area contributed by atoms with Crippen molar-refractivity contribution in [2.45, 2.75) is 37.1 Å². The van der Waals surface area contributed by atoms with Gasteiger partial charge in [-0.25, -0.2) is 4.79 Å². The quantitative estimate of drug-likeness (QED) is 0.815. The molecule has 1 N–H and O–H groups in total. The summed E-state index contributed by atoms with van der Waals surface area (Å²) >= 11 is 0. The van der Waals surface area contributed by atoms with Gasteiger partial charge in [0.1, 0.15) is 5.69 Å². The van der Waals surface area contributed by atoms with E-state index in [1.165, 1.54) is 0 Å². The number of ether oxygens (including phenoxy) is 1. The first-order valence-electron chi connectivity index (χ1n) is 8.96. The van der Waals surface area contributed by atoms with Crippen LogP contribution in [-0.2, 0) is 16.6 Å². The van der Waals surface area contributed by atoms with Crippen molar-refractivity contribution >= 4 is 11.9 Å². The number of aryl methyl sites for hydroxylation is 1. The fourth-order valence-electron chi connectivity index (χ4n) is 3.46. The maximum atomic E-state index is 12.5. The van der Waals surface area contributed by atoms with Gasteiger partial charge in [0, 0.05) is 32.4 Å². The van der Waals surface area contributed by atoms with Crippen molar-refractivity contribution in [3.8, 4) is 0 Å². The number of carbonyl (C=O) groups excluding carboxylic acids is 1. The van der Waals surface area contributed by atoms with Crippen molar-refractivity contribution in [2.75, 3.05) is 33.8 Å². The number of likely N-dealkylation sites (N-methyl/N-ethyl adjacent to an activating group) is 1. The van der Waals surface area contributed by atoms with Crippen molar-refractivity contribution < 1.29 is 32.6 Å². The second kappa shape index (κ2) is 8.52. The van der Waals surface area contributed by atoms with Gasteiger partial charge in [-0.3, -0.25) is 4.79 Å². The van der Waals surface area contributed by atoms with Crippen molar-refractivity contribution in [1.82, 2.24) is 14.4 Å². The first-order valence-corrected chi connectivity index (χ1v) is 8.96. The van der Waals surface area contributed by atoms with E-state index in [0.29, 0.717) is 6.04 Å². The highest BCUT2D eigenvalue weighted by molar-refractivity contribution is 5.92. The van der Waals surface area contributed by atoms with E-state index in [-0.39, 0.29) is 11.5 Å². The monoisotopic (exact) mass is 405 g/mol. The predicted octanol–water partition coefficient (Wildman–Crippen LogP) is 1.98. The maximum absolute atomic E-state index is 12.5. The molecule has 10 heteroatoms. The van der Waals surface area contributed by atoms with Crippen LogP contribution in [0.15, 0.2) is 18.3 Å². The summed E-state index contributed by atoms with van der Waals surface area (Å²) in [6.07, 6.45) is -0.173. The van der Waals surface area contributed by atoms with E-state index < -0.39 is 12.1 Å². The maximum Gasteiger partial charge on any atom is 0.490 e. The molecule has 2 aliphatic heterocycles. The molecule has 2 aliphatic rings. The van der Waals surface area contributed by atoms with Gasteiger partial charge in [0.25, 0.3) is 5.91 Å². The van der Waals surface area contributed by atoms with Crippen LogP contribution in [0.25, 0.3) is 0 Å². The molecule has 3 rings (SSSR count). The third-order valence-corrected chi connectivity index (χ3v) is 5.29. The van der Waals surface area contributed by atoms with Gasteiger partial charge in [-0.1, -0.05) is 0 Å². The highest BCUT2D eigenvalue weighted by Crippen LogP contribution is 2.37. The third kappa shape index (κ3) is 5.26. The Morgan fingerprint density at radius 1 is 1.29 bits per heavy atom. The Kier molecular flexibility index (Phi) is 6.76. The van der Waals surface area contributed by atoms with E-state index in [1.54, 1.807) is 0 Å². The largest absolute Gasteiger partial charge is 0.490 e. The summed E-state index contributed by atoms with van der Waals surface area (Å²) in [5.74, 6) is -2.62. The molecule has 7 nitrogen and oxygen atoms in total. The van der Waals surface area contributed by atoms with Gasteiger partial charge < -0.3 is 24.2 Å². The molecular formula is C18H26F3N3O4. The molecule has 0 aromatic carbocycles. The lowest BCUT2D eigenvalue weighted by atomic mass is 9.87. The summed E-state index contributed by atoms with van der Waals surface area (Å²) in [7, 11) is 6.14. The number of aliphatic carboxylic acids is 1. The average Bonchev–Trinajstić information content (AvgIpc) is 3.22. The van der Waals surface area contributed by atoms with Crippen molar-refractivity contribution in [2.24, 2.45) is 7.05 Å². The number of carboxylic acid groups (broad SMARTS) is 1. The van der Waals surface area contributed by atoms with Crippen LogP contribution in [0.5, 0.6) is 0 Å². The third-order valence-electron chi connectivity index (χ3n) is 5.29. The van der Waals surface area contributed by atoms with Crippen LogP contribution in [0.1, 0.15) is 29.8 Å². The van der Waals surface area contributed by atoms with E-state index in [2.05, 4.69) is 19.0 Å². The number of hydrogen-bond donors (Lipinski definition) is 1. The first-order chi connectivity index (χ1) is 12.9. The minimum Gasteiger partial charge on any atom is -0.475 e. The summed E-state index contributed by atoms with van der Waals surface area (Å²) in [6.45, 7) is 2.41. The fraction of sp³-hybridized carbons (Fsp3) is 0.667. The summed E-state index contributed by atoms with van der Waals surface area (Å²) in [5.41, 5.74) is 0.768. The van der Waals surface area contributed by atoms with Crippen LogP contribution < -0.4 is 0 Å². The number of hydrogen-bond acceptors (Lipinski definition) is 4. The summed E-state index contributed by atoms with van der Waals surface area (Å²) < 4.78 is 39.7. The molecule has 28 heavy (non-hydrogen) atoms. The number of piperidine rings is 1. The number of alkyl halides is 3. The molecule has 0 aliphatic carbocycles. The van der Waals surface area contributed by atoms with E-state index in [4.69, 9.17) is 14.6 Å². The molecule has 1 atom stereocenters. The number of aromatic nitrogens is 1. The van der Waals surface area contributed by atoms with Crippen LogP contribution in [0.4, 0.5) is 13.2 Å². The lowest BCUT2D eigenvalue weighted by Crippen LogP contribution is -2.47. The van der Waals surface area contributed by atoms with Gasteiger partial charge in [0.05, 0.1) is 12.2 Å². The Morgan fingerprint density at radius 3 is 2.25 bits per heavy atom. The number of nitrogens with zero attached hydrogens (tertiary/aromatic N) is 3. The molecule has 1 aromatic rings. The molecule has 2 fully saturated rings. The van der Waals surface area contributed by atoms with Crippen LogP contribution in [0, 0.1) is 0 Å². The van der Waals surface area contributed by atoms with Gasteiger partial charge in [0.2, 0.25) is 0 Å². The molecule has 0 radical (unpaired) electrons. The molecule has 1 aromatic heterocycles. The lowest BCUT2D eigenvalue weighted by molar-refractivity contribution is -0.192. The first kappa shape index (κ1) is 22.2. The van der Waals surface area contributed by atoms with Gasteiger partial charge in [-0.15, -0.1) is 0 Å². The summed E-state index contributed by atoms with van der Waals surface area (Å²) in [5, 5.41) is 7.12. The highest BCUT2D eigenvalue weighted by Gasteiger charge is 2.44. The lowest BCUT2D eigenvalue weighted by Gasteiger charge is -2.38. The van der Waals surface area contributed by atoms with E-state index >= 15 is 0 Å². The molecule has 158 valence electrons. The second-order valence-electron chi connectivity index (χ2n) is 7.42.